The Bertz CT molecular complexity index is 3760. The Morgan fingerprint density at radius 1 is 0.690 bits per heavy atom. The van der Waals surface area contributed by atoms with Crippen molar-refractivity contribution >= 4 is 78.8 Å². The Kier molecular flexibility index (Phi) is 13.5. The van der Waals surface area contributed by atoms with Crippen LogP contribution in [0.4, 0.5) is 0 Å². The van der Waals surface area contributed by atoms with Gasteiger partial charge in [-0.15, -0.1) is 54.1 Å². The molecule has 0 spiro atoms. The first-order valence-corrected chi connectivity index (χ1v) is 28.4. The predicted molar refractivity (Wildman–Crippen MR) is 297 cm³/mol. The molecule has 71 heavy (non-hydrogen) atoms. The average molecular weight is 1130 g/mol. The molecule has 1 radical (unpaired) electrons. The van der Waals surface area contributed by atoms with Gasteiger partial charge in [0.1, 0.15) is 0 Å². The summed E-state index contributed by atoms with van der Waals surface area (Å²) in [7, 11) is -1.34. The van der Waals surface area contributed by atoms with Gasteiger partial charge in [-0.3, -0.25) is 9.97 Å². The van der Waals surface area contributed by atoms with Gasteiger partial charge in [0, 0.05) is 59.8 Å². The van der Waals surface area contributed by atoms with Crippen LogP contribution >= 0.6 is 0 Å². The maximum Gasteiger partial charge on any atom is 0.216 e. The number of aromatic nitrogens is 5. The largest absolute Gasteiger partial charge is 0.486 e. The number of fused-ring (bicyclic) bond motifs is 9. The molecule has 11 rings (SSSR count). The third-order valence-corrected chi connectivity index (χ3v) is 16.1. The Hall–Kier alpha value is -6.31. The van der Waals surface area contributed by atoms with E-state index in [1.54, 1.807) is 0 Å². The first-order valence-electron chi connectivity index (χ1n) is 24.9. The van der Waals surface area contributed by atoms with Crippen molar-refractivity contribution in [3.63, 3.8) is 0 Å². The number of pyridine rings is 3. The van der Waals surface area contributed by atoms with E-state index in [1.165, 1.54) is 37.9 Å². The molecule has 0 aliphatic heterocycles. The molecular weight excluding hydrogens is 1060 g/mol. The van der Waals surface area contributed by atoms with Gasteiger partial charge in [-0.1, -0.05) is 158 Å². The summed E-state index contributed by atoms with van der Waals surface area (Å²) in [6, 6.07) is 51.6. The molecule has 0 fully saturated rings. The van der Waals surface area contributed by atoms with Crippen molar-refractivity contribution in [1.29, 1.82) is 0 Å². The molecule has 0 saturated carbocycles. The molecule has 8 heteroatoms. The number of imidazole rings is 1. The number of benzene rings is 6. The molecule has 5 aromatic heterocycles. The van der Waals surface area contributed by atoms with Crippen LogP contribution in [0.15, 0.2) is 138 Å². The van der Waals surface area contributed by atoms with E-state index in [0.29, 0.717) is 11.6 Å². The normalized spacial score (nSPS) is 12.6. The summed E-state index contributed by atoms with van der Waals surface area (Å²) in [6.45, 7) is 27.3. The first kappa shape index (κ1) is 49.7. The number of hydrogen-bond donors (Lipinski definition) is 0. The van der Waals surface area contributed by atoms with Gasteiger partial charge in [-0.25, -0.2) is 4.98 Å². The summed E-state index contributed by atoms with van der Waals surface area (Å²) in [5.74, 6) is 1.91. The topological polar surface area (TPSA) is 69.6 Å². The fourth-order valence-corrected chi connectivity index (χ4v) is 11.8. The summed E-state index contributed by atoms with van der Waals surface area (Å²) >= 11 is 0. The zero-order valence-electron chi connectivity index (χ0n) is 43.1. The second-order valence-corrected chi connectivity index (χ2v) is 27.0. The van der Waals surface area contributed by atoms with Crippen LogP contribution < -0.4 is 5.19 Å². The van der Waals surface area contributed by atoms with E-state index in [1.807, 2.05) is 24.3 Å². The first-order chi connectivity index (χ1) is 33.5. The van der Waals surface area contributed by atoms with Crippen LogP contribution in [-0.4, -0.2) is 32.6 Å². The van der Waals surface area contributed by atoms with Crippen LogP contribution in [0.1, 0.15) is 89.7 Å². The average Bonchev–Trinajstić information content (AvgIpc) is 3.91. The van der Waals surface area contributed by atoms with E-state index in [9.17, 15) is 0 Å². The smallest absolute Gasteiger partial charge is 0.216 e. The summed E-state index contributed by atoms with van der Waals surface area (Å²) in [5, 5.41) is 9.41. The molecule has 0 bridgehead atoms. The van der Waals surface area contributed by atoms with Crippen LogP contribution in [-0.2, 0) is 26.5 Å². The minimum absolute atomic E-state index is 0. The number of rotatable bonds is 8. The second-order valence-electron chi connectivity index (χ2n) is 22.0. The summed E-state index contributed by atoms with van der Waals surface area (Å²) < 4.78 is 9.11. The molecule has 0 saturated heterocycles. The van der Waals surface area contributed by atoms with Gasteiger partial charge in [0.05, 0.1) is 41.7 Å². The van der Waals surface area contributed by atoms with Gasteiger partial charge in [-0.05, 0) is 87.5 Å². The Labute approximate surface area is 433 Å². The number of aryl methyl sites for hydroxylation is 1. The number of hydrogen-bond acceptors (Lipinski definition) is 5. The monoisotopic (exact) mass is 1130 g/mol. The van der Waals surface area contributed by atoms with Crippen molar-refractivity contribution in [3.8, 4) is 28.3 Å². The molecule has 1 unspecified atom stereocenters. The molecule has 0 amide bonds. The molecule has 6 nitrogen and oxygen atoms in total. The molecule has 1 atom stereocenters. The predicted octanol–water partition coefficient (Wildman–Crippen LogP) is 16.5. The maximum absolute atomic E-state index is 6.76. The van der Waals surface area contributed by atoms with Gasteiger partial charge in [0.15, 0.2) is 0 Å². The third-order valence-electron chi connectivity index (χ3n) is 14.1. The van der Waals surface area contributed by atoms with Crippen LogP contribution in [0.25, 0.3) is 93.9 Å². The molecule has 0 N–H and O–H groups in total. The standard InChI is InChI=1S/C45H39N4O.C18H24NSi.Ir/c1-25(2)38-31-15-10-8-13-29(31)30-14-9-11-16-32(30)40(38)49-41-37(23-21-28-20-19-26(3)46-39(28)41)47-43(49)35-18-12-17-33-34-22-24-36(27(4)45(5,6)7)48-44(34)50-42(33)35;1-14(2)11-16-12-17(15-9-7-6-8-10-15)19-13-18(16)20(3,4)5;/h8-17,19-25,27H,1-7H3;6-9,12-14H,11H2,1-5H3;/q2*-1;. The van der Waals surface area contributed by atoms with Crippen molar-refractivity contribution < 1.29 is 24.5 Å². The SMILES string of the molecule is CC(C)Cc1cc(-c2[c-]cccc2)ncc1[Si](C)(C)C.Cc1ccc2ccc3nc(-c4[c-]ccc5c4oc4nc(C(C)C(C)(C)C)ccc45)n(-c4c(C(C)C)c5ccccc5c5ccccc45)c3c2n1.[Ir]. The molecule has 0 aliphatic carbocycles. The number of nitrogens with zero attached hydrogens (tertiary/aromatic N) is 5. The second kappa shape index (κ2) is 19.4. The molecule has 5 heterocycles. The van der Waals surface area contributed by atoms with Gasteiger partial charge in [0.25, 0.3) is 0 Å². The van der Waals surface area contributed by atoms with E-state index in [4.69, 9.17) is 19.4 Å². The Morgan fingerprint density at radius 3 is 2.06 bits per heavy atom. The number of furan rings is 1. The molecule has 0 aliphatic rings. The zero-order chi connectivity index (χ0) is 49.2. The van der Waals surface area contributed by atoms with Crippen molar-refractivity contribution in [3.05, 3.63) is 168 Å². The van der Waals surface area contributed by atoms with Gasteiger partial charge in [-0.2, -0.15) is 0 Å². The van der Waals surface area contributed by atoms with Crippen LogP contribution in [0.2, 0.25) is 19.6 Å². The summed E-state index contributed by atoms with van der Waals surface area (Å²) in [6.07, 6.45) is 3.24. The van der Waals surface area contributed by atoms with Gasteiger partial charge in [0.2, 0.25) is 5.71 Å². The van der Waals surface area contributed by atoms with Crippen molar-refractivity contribution in [2.24, 2.45) is 11.3 Å². The fourth-order valence-electron chi connectivity index (χ4n) is 10.2. The molecule has 361 valence electrons. The van der Waals surface area contributed by atoms with Crippen LogP contribution in [0.3, 0.4) is 0 Å². The quantitative estimate of drug-likeness (QED) is 0.0861. The maximum atomic E-state index is 6.76. The summed E-state index contributed by atoms with van der Waals surface area (Å²) in [4.78, 5) is 20.4. The molecule has 6 aromatic carbocycles. The van der Waals surface area contributed by atoms with Gasteiger partial charge >= 0.3 is 0 Å². The minimum atomic E-state index is -1.34. The van der Waals surface area contributed by atoms with Crippen molar-refractivity contribution in [1.82, 2.24) is 24.5 Å². The van der Waals surface area contributed by atoms with Crippen molar-refractivity contribution in [2.75, 3.05) is 0 Å². The fraction of sp³-hybridized carbons (Fsp3) is 0.270. The molecule has 11 aromatic rings. The summed E-state index contributed by atoms with van der Waals surface area (Å²) in [5.41, 5.74) is 13.0. The Balaban J connectivity index is 0.000000251. The van der Waals surface area contributed by atoms with Crippen LogP contribution in [0.5, 0.6) is 0 Å². The van der Waals surface area contributed by atoms with Crippen molar-refractivity contribution in [2.45, 2.75) is 100 Å². The molecular formula is C63H63IrN5OSi-2. The van der Waals surface area contributed by atoms with E-state index < -0.39 is 8.07 Å². The zero-order valence-corrected chi connectivity index (χ0v) is 46.5. The van der Waals surface area contributed by atoms with E-state index >= 15 is 0 Å². The Morgan fingerprint density at radius 2 is 1.38 bits per heavy atom. The van der Waals surface area contributed by atoms with Gasteiger partial charge < -0.3 is 14.0 Å². The van der Waals surface area contributed by atoms with E-state index in [0.717, 1.165) is 84.4 Å². The van der Waals surface area contributed by atoms with Crippen LogP contribution in [0, 0.1) is 30.4 Å². The minimum Gasteiger partial charge on any atom is -0.486 e. The van der Waals surface area contributed by atoms with E-state index in [-0.39, 0.29) is 37.4 Å². The van der Waals surface area contributed by atoms with E-state index in [2.05, 4.69) is 213 Å². The third kappa shape index (κ3) is 9.27.